The van der Waals surface area contributed by atoms with Gasteiger partial charge in [0.2, 0.25) is 0 Å². The number of fused-ring (bicyclic) bond motifs is 2. The van der Waals surface area contributed by atoms with E-state index in [1.165, 1.54) is 0 Å². The number of nitrogens with zero attached hydrogens (tertiary/aromatic N) is 4. The molecule has 2 N–H and O–H groups in total. The number of imidazole rings is 1. The summed E-state index contributed by atoms with van der Waals surface area (Å²) in [6, 6.07) is 13.5. The number of aromatic nitrogens is 3. The Morgan fingerprint density at radius 2 is 2.06 bits per heavy atom. The second-order valence-electron chi connectivity index (χ2n) is 7.57. The van der Waals surface area contributed by atoms with Gasteiger partial charge in [-0.1, -0.05) is 18.2 Å². The molecular weight excluding hydrogens is 402 g/mol. The molecule has 0 saturated carbocycles. The average molecular weight is 423 g/mol. The van der Waals surface area contributed by atoms with Crippen LogP contribution in [0.4, 0.5) is 0 Å². The molecule has 0 radical (unpaired) electrons. The SMILES string of the molecule is Cn1cnc2ccc(-c3cc(OCc4ncccc4C(N)=O)c4c(c3)=NC=CCC=4)cc21. The predicted molar refractivity (Wildman–Crippen MR) is 122 cm³/mol. The summed E-state index contributed by atoms with van der Waals surface area (Å²) in [6.07, 6.45) is 10.1. The molecule has 5 rings (SSSR count). The van der Waals surface area contributed by atoms with E-state index in [-0.39, 0.29) is 6.61 Å². The molecule has 1 amide bonds. The van der Waals surface area contributed by atoms with E-state index in [9.17, 15) is 4.79 Å². The minimum absolute atomic E-state index is 0.122. The molecule has 1 aliphatic heterocycles. The minimum Gasteiger partial charge on any atom is -0.487 e. The van der Waals surface area contributed by atoms with Crippen molar-refractivity contribution in [2.75, 3.05) is 0 Å². The number of aryl methyl sites for hydroxylation is 1. The Bertz CT molecular complexity index is 1500. The van der Waals surface area contributed by atoms with Crippen molar-refractivity contribution in [1.29, 1.82) is 0 Å². The number of rotatable bonds is 5. The van der Waals surface area contributed by atoms with Crippen LogP contribution >= 0.6 is 0 Å². The van der Waals surface area contributed by atoms with E-state index < -0.39 is 5.91 Å². The fourth-order valence-electron chi connectivity index (χ4n) is 3.82. The van der Waals surface area contributed by atoms with Crippen LogP contribution in [-0.4, -0.2) is 20.4 Å². The summed E-state index contributed by atoms with van der Waals surface area (Å²) in [5.41, 5.74) is 10.3. The number of amides is 1. The zero-order chi connectivity index (χ0) is 22.1. The van der Waals surface area contributed by atoms with Crippen molar-refractivity contribution in [1.82, 2.24) is 14.5 Å². The van der Waals surface area contributed by atoms with E-state index >= 15 is 0 Å². The van der Waals surface area contributed by atoms with E-state index in [2.05, 4.69) is 33.2 Å². The van der Waals surface area contributed by atoms with Gasteiger partial charge in [-0.3, -0.25) is 14.8 Å². The number of hydrogen-bond acceptors (Lipinski definition) is 5. The molecule has 0 spiro atoms. The second-order valence-corrected chi connectivity index (χ2v) is 7.57. The van der Waals surface area contributed by atoms with E-state index in [0.29, 0.717) is 17.0 Å². The molecule has 7 nitrogen and oxygen atoms in total. The highest BCUT2D eigenvalue weighted by molar-refractivity contribution is 5.93. The summed E-state index contributed by atoms with van der Waals surface area (Å²) in [4.78, 5) is 25.0. The van der Waals surface area contributed by atoms with Gasteiger partial charge in [-0.05, 0) is 53.9 Å². The fourth-order valence-corrected chi connectivity index (χ4v) is 3.82. The highest BCUT2D eigenvalue weighted by atomic mass is 16.5. The Hall–Kier alpha value is -4.26. The van der Waals surface area contributed by atoms with Crippen molar-refractivity contribution in [3.8, 4) is 16.9 Å². The number of pyridine rings is 1. The van der Waals surface area contributed by atoms with Crippen molar-refractivity contribution in [2.45, 2.75) is 13.0 Å². The number of nitrogens with two attached hydrogens (primary N) is 1. The van der Waals surface area contributed by atoms with Crippen LogP contribution in [0.15, 0.2) is 72.3 Å². The van der Waals surface area contributed by atoms with Gasteiger partial charge in [-0.15, -0.1) is 0 Å². The second kappa shape index (κ2) is 8.11. The van der Waals surface area contributed by atoms with Gasteiger partial charge in [0.1, 0.15) is 12.4 Å². The van der Waals surface area contributed by atoms with Crippen molar-refractivity contribution in [3.63, 3.8) is 0 Å². The molecule has 0 atom stereocenters. The van der Waals surface area contributed by atoms with Crippen LogP contribution in [0.1, 0.15) is 22.5 Å². The first-order chi connectivity index (χ1) is 15.6. The number of allylic oxidation sites excluding steroid dienone is 1. The van der Waals surface area contributed by atoms with Crippen LogP contribution in [0.3, 0.4) is 0 Å². The van der Waals surface area contributed by atoms with Gasteiger partial charge >= 0.3 is 0 Å². The Balaban J connectivity index is 1.60. The van der Waals surface area contributed by atoms with Crippen molar-refractivity contribution >= 4 is 23.0 Å². The third-order valence-corrected chi connectivity index (χ3v) is 5.48. The van der Waals surface area contributed by atoms with E-state index in [1.807, 2.05) is 42.1 Å². The quantitative estimate of drug-likeness (QED) is 0.534. The fraction of sp³-hybridized carbons (Fsp3) is 0.120. The Kier molecular flexibility index (Phi) is 4.99. The summed E-state index contributed by atoms with van der Waals surface area (Å²) in [7, 11) is 1.98. The summed E-state index contributed by atoms with van der Waals surface area (Å²) in [5, 5.41) is 1.74. The lowest BCUT2D eigenvalue weighted by molar-refractivity contribution is 0.0997. The maximum Gasteiger partial charge on any atom is 0.250 e. The number of carbonyl (C=O) groups excluding carboxylic acids is 1. The molecule has 0 unspecified atom stereocenters. The highest BCUT2D eigenvalue weighted by Gasteiger charge is 2.12. The van der Waals surface area contributed by atoms with E-state index in [4.69, 9.17) is 10.5 Å². The predicted octanol–water partition coefficient (Wildman–Crippen LogP) is 2.63. The molecular formula is C25H21N5O2. The molecule has 0 aliphatic carbocycles. The Morgan fingerprint density at radius 1 is 1.16 bits per heavy atom. The van der Waals surface area contributed by atoms with Crippen LogP contribution in [0.25, 0.3) is 28.2 Å². The molecule has 0 saturated heterocycles. The first-order valence-electron chi connectivity index (χ1n) is 10.3. The monoisotopic (exact) mass is 423 g/mol. The average Bonchev–Trinajstić information content (AvgIpc) is 3.02. The Labute approximate surface area is 184 Å². The van der Waals surface area contributed by atoms with E-state index in [0.717, 1.165) is 39.2 Å². The first kappa shape index (κ1) is 19.7. The van der Waals surface area contributed by atoms with Gasteiger partial charge in [0.05, 0.1) is 34.0 Å². The zero-order valence-corrected chi connectivity index (χ0v) is 17.5. The first-order valence-corrected chi connectivity index (χ1v) is 10.3. The summed E-state index contributed by atoms with van der Waals surface area (Å²) in [6.45, 7) is 0.122. The molecule has 3 heterocycles. The molecule has 32 heavy (non-hydrogen) atoms. The molecule has 7 heteroatoms. The van der Waals surface area contributed by atoms with Crippen molar-refractivity contribution in [3.05, 3.63) is 89.1 Å². The number of hydrogen-bond donors (Lipinski definition) is 1. The van der Waals surface area contributed by atoms with Crippen LogP contribution in [0.5, 0.6) is 5.75 Å². The maximum atomic E-state index is 11.8. The van der Waals surface area contributed by atoms with Gasteiger partial charge in [0.15, 0.2) is 0 Å². The smallest absolute Gasteiger partial charge is 0.250 e. The molecule has 0 bridgehead atoms. The normalized spacial score (nSPS) is 12.5. The van der Waals surface area contributed by atoms with Gasteiger partial charge in [0.25, 0.3) is 5.91 Å². The number of benzene rings is 2. The molecule has 0 fully saturated rings. The van der Waals surface area contributed by atoms with Gasteiger partial charge in [0, 0.05) is 24.7 Å². The van der Waals surface area contributed by atoms with Crippen LogP contribution in [-0.2, 0) is 13.7 Å². The largest absolute Gasteiger partial charge is 0.487 e. The number of carbonyl (C=O) groups is 1. The molecule has 1 aliphatic rings. The summed E-state index contributed by atoms with van der Waals surface area (Å²) in [5.74, 6) is 0.149. The summed E-state index contributed by atoms with van der Waals surface area (Å²) >= 11 is 0. The van der Waals surface area contributed by atoms with E-state index in [1.54, 1.807) is 24.7 Å². The Morgan fingerprint density at radius 3 is 2.94 bits per heavy atom. The highest BCUT2D eigenvalue weighted by Crippen LogP contribution is 2.25. The lowest BCUT2D eigenvalue weighted by atomic mass is 10.0. The van der Waals surface area contributed by atoms with Gasteiger partial charge < -0.3 is 15.0 Å². The van der Waals surface area contributed by atoms with Crippen molar-refractivity contribution in [2.24, 2.45) is 17.8 Å². The third-order valence-electron chi connectivity index (χ3n) is 5.48. The lowest BCUT2D eigenvalue weighted by Gasteiger charge is -2.12. The number of ether oxygens (including phenoxy) is 1. The number of primary amides is 1. The molecule has 4 aromatic rings. The topological polar surface area (TPSA) is 95.4 Å². The van der Waals surface area contributed by atoms with Crippen LogP contribution in [0.2, 0.25) is 0 Å². The molecule has 158 valence electrons. The molecule has 2 aromatic heterocycles. The van der Waals surface area contributed by atoms with Crippen LogP contribution in [0, 0.1) is 0 Å². The standard InChI is InChI=1S/C25H21N5O2/c1-30-15-29-20-8-7-16(12-23(20)30)17-11-21-18(5-2-3-9-27-21)24(13-17)32-14-22-19(25(26)31)6-4-10-28-22/h3-13,15H,2,14H2,1H3,(H2,26,31). The van der Waals surface area contributed by atoms with Crippen LogP contribution < -0.4 is 21.0 Å². The zero-order valence-electron chi connectivity index (χ0n) is 17.5. The minimum atomic E-state index is -0.528. The maximum absolute atomic E-state index is 11.8. The summed E-state index contributed by atoms with van der Waals surface area (Å²) < 4.78 is 8.18. The van der Waals surface area contributed by atoms with Gasteiger partial charge in [-0.25, -0.2) is 4.98 Å². The van der Waals surface area contributed by atoms with Crippen molar-refractivity contribution < 1.29 is 9.53 Å². The molecule has 2 aromatic carbocycles. The van der Waals surface area contributed by atoms with Gasteiger partial charge in [-0.2, -0.15) is 0 Å². The lowest BCUT2D eigenvalue weighted by Crippen LogP contribution is -2.27. The third kappa shape index (κ3) is 3.65.